The van der Waals surface area contributed by atoms with E-state index in [2.05, 4.69) is 0 Å². The van der Waals surface area contributed by atoms with Crippen molar-refractivity contribution in [2.24, 2.45) is 0 Å². The lowest BCUT2D eigenvalue weighted by molar-refractivity contribution is 0.0978. The Bertz CT molecular complexity index is 318. The van der Waals surface area contributed by atoms with Crippen LogP contribution in [0.2, 0.25) is 0 Å². The van der Waals surface area contributed by atoms with Crippen molar-refractivity contribution in [1.82, 2.24) is 0 Å². The number of ketones is 1. The predicted octanol–water partition coefficient (Wildman–Crippen LogP) is 3.12. The molecule has 0 aliphatic rings. The zero-order valence-electron chi connectivity index (χ0n) is 7.93. The first-order valence-electron chi connectivity index (χ1n) is 4.44. The highest BCUT2D eigenvalue weighted by atomic mass is 19.1. The lowest BCUT2D eigenvalue weighted by Gasteiger charge is -2.01. The van der Waals surface area contributed by atoms with Crippen LogP contribution in [0.5, 0.6) is 0 Å². The van der Waals surface area contributed by atoms with E-state index in [9.17, 15) is 9.18 Å². The van der Waals surface area contributed by atoms with Crippen molar-refractivity contribution in [3.63, 3.8) is 0 Å². The highest BCUT2D eigenvalue weighted by molar-refractivity contribution is 5.96. The highest BCUT2D eigenvalue weighted by Crippen LogP contribution is 2.12. The third kappa shape index (κ3) is 2.38. The zero-order valence-corrected chi connectivity index (χ0v) is 7.93. The number of carbonyl (C=O) groups excluding carboxylic acids is 1. The van der Waals surface area contributed by atoms with Crippen molar-refractivity contribution in [3.8, 4) is 0 Å². The van der Waals surface area contributed by atoms with Gasteiger partial charge in [-0.05, 0) is 31.0 Å². The number of benzene rings is 1. The Morgan fingerprint density at radius 1 is 1.46 bits per heavy atom. The number of hydrogen-bond acceptors (Lipinski definition) is 1. The summed E-state index contributed by atoms with van der Waals surface area (Å²) in [6.45, 7) is 3.71. The van der Waals surface area contributed by atoms with Crippen LogP contribution in [0.15, 0.2) is 18.2 Å². The first-order valence-corrected chi connectivity index (χ1v) is 4.44. The number of aryl methyl sites for hydroxylation is 1. The summed E-state index contributed by atoms with van der Waals surface area (Å²) in [6.07, 6.45) is 1.17. The molecule has 1 nitrogen and oxygen atoms in total. The van der Waals surface area contributed by atoms with Crippen molar-refractivity contribution in [2.45, 2.75) is 26.7 Å². The topological polar surface area (TPSA) is 17.1 Å². The highest BCUT2D eigenvalue weighted by Gasteiger charge is 2.09. The average Bonchev–Trinajstić information content (AvgIpc) is 2.04. The summed E-state index contributed by atoms with van der Waals surface area (Å²) in [5, 5.41) is 0. The molecule has 0 aliphatic carbocycles. The molecule has 13 heavy (non-hydrogen) atoms. The van der Waals surface area contributed by atoms with Gasteiger partial charge in [-0.1, -0.05) is 13.0 Å². The fourth-order valence-electron chi connectivity index (χ4n) is 1.21. The molecular formula is C11H13FO. The summed E-state index contributed by atoms with van der Waals surface area (Å²) in [7, 11) is 0. The van der Waals surface area contributed by atoms with Gasteiger partial charge in [-0.25, -0.2) is 4.39 Å². The van der Waals surface area contributed by atoms with Crippen LogP contribution in [-0.4, -0.2) is 5.78 Å². The molecule has 1 aromatic rings. The second kappa shape index (κ2) is 4.17. The van der Waals surface area contributed by atoms with Crippen LogP contribution >= 0.6 is 0 Å². The van der Waals surface area contributed by atoms with Crippen LogP contribution in [0.1, 0.15) is 35.7 Å². The van der Waals surface area contributed by atoms with Gasteiger partial charge in [0.15, 0.2) is 5.78 Å². The Kier molecular flexibility index (Phi) is 3.18. The summed E-state index contributed by atoms with van der Waals surface area (Å²) in [4.78, 5) is 11.3. The first-order chi connectivity index (χ1) is 6.15. The largest absolute Gasteiger partial charge is 0.294 e. The van der Waals surface area contributed by atoms with E-state index < -0.39 is 5.82 Å². The van der Waals surface area contributed by atoms with E-state index in [1.165, 1.54) is 6.07 Å². The summed E-state index contributed by atoms with van der Waals surface area (Å²) in [5.41, 5.74) is 1.05. The van der Waals surface area contributed by atoms with Crippen molar-refractivity contribution < 1.29 is 9.18 Å². The number of Topliss-reactive ketones (excluding diaryl/α,β-unsaturated/α-hetero) is 1. The van der Waals surface area contributed by atoms with Gasteiger partial charge in [0.1, 0.15) is 5.82 Å². The number of hydrogen-bond donors (Lipinski definition) is 0. The molecule has 1 aromatic carbocycles. The van der Waals surface area contributed by atoms with Gasteiger partial charge in [-0.3, -0.25) is 4.79 Å². The Hall–Kier alpha value is -1.18. The van der Waals surface area contributed by atoms with Gasteiger partial charge in [-0.15, -0.1) is 0 Å². The number of halogens is 1. The normalized spacial score (nSPS) is 10.1. The van der Waals surface area contributed by atoms with Crippen LogP contribution in [-0.2, 0) is 0 Å². The molecule has 70 valence electrons. The molecule has 0 N–H and O–H groups in total. The molecule has 0 saturated carbocycles. The lowest BCUT2D eigenvalue weighted by atomic mass is 10.0. The third-order valence-corrected chi connectivity index (χ3v) is 1.90. The van der Waals surface area contributed by atoms with Crippen molar-refractivity contribution in [1.29, 1.82) is 0 Å². The number of rotatable bonds is 3. The lowest BCUT2D eigenvalue weighted by Crippen LogP contribution is -2.01. The van der Waals surface area contributed by atoms with E-state index in [-0.39, 0.29) is 11.3 Å². The maximum Gasteiger partial charge on any atom is 0.165 e. The molecule has 1 rings (SSSR count). The van der Waals surface area contributed by atoms with Gasteiger partial charge in [-0.2, -0.15) is 0 Å². The van der Waals surface area contributed by atoms with E-state index in [4.69, 9.17) is 0 Å². The van der Waals surface area contributed by atoms with E-state index >= 15 is 0 Å². The van der Waals surface area contributed by atoms with Crippen molar-refractivity contribution >= 4 is 5.78 Å². The van der Waals surface area contributed by atoms with Crippen LogP contribution in [0.25, 0.3) is 0 Å². The molecule has 0 aliphatic heterocycles. The molecule has 0 unspecified atom stereocenters. The minimum absolute atomic E-state index is 0.111. The monoisotopic (exact) mass is 180 g/mol. The second-order valence-corrected chi connectivity index (χ2v) is 3.16. The van der Waals surface area contributed by atoms with Gasteiger partial charge >= 0.3 is 0 Å². The van der Waals surface area contributed by atoms with Crippen molar-refractivity contribution in [2.75, 3.05) is 0 Å². The number of carbonyl (C=O) groups is 1. The van der Waals surface area contributed by atoms with Gasteiger partial charge in [0.05, 0.1) is 5.56 Å². The van der Waals surface area contributed by atoms with Gasteiger partial charge < -0.3 is 0 Å². The minimum Gasteiger partial charge on any atom is -0.294 e. The molecule has 0 aromatic heterocycles. The minimum atomic E-state index is -0.404. The summed E-state index contributed by atoms with van der Waals surface area (Å²) >= 11 is 0. The summed E-state index contributed by atoms with van der Waals surface area (Å²) < 4.78 is 13.2. The molecule has 0 atom stereocenters. The predicted molar refractivity (Wildman–Crippen MR) is 50.4 cm³/mol. The molecular weight excluding hydrogens is 167 g/mol. The quantitative estimate of drug-likeness (QED) is 0.653. The Balaban J connectivity index is 2.95. The maximum absolute atomic E-state index is 13.2. The van der Waals surface area contributed by atoms with E-state index in [1.54, 1.807) is 19.1 Å². The van der Waals surface area contributed by atoms with E-state index in [0.29, 0.717) is 6.42 Å². The molecule has 0 heterocycles. The van der Waals surface area contributed by atoms with Crippen LogP contribution < -0.4 is 0 Å². The molecule has 0 bridgehead atoms. The Morgan fingerprint density at radius 2 is 2.15 bits per heavy atom. The fourth-order valence-corrected chi connectivity index (χ4v) is 1.21. The SMILES string of the molecule is CCCC(=O)c1ccc(C)cc1F. The third-order valence-electron chi connectivity index (χ3n) is 1.90. The first kappa shape index (κ1) is 9.90. The molecule has 0 amide bonds. The smallest absolute Gasteiger partial charge is 0.165 e. The van der Waals surface area contributed by atoms with Gasteiger partial charge in [0.2, 0.25) is 0 Å². The molecule has 0 saturated heterocycles. The Labute approximate surface area is 77.6 Å². The van der Waals surface area contributed by atoms with Crippen molar-refractivity contribution in [3.05, 3.63) is 35.1 Å². The van der Waals surface area contributed by atoms with E-state index in [0.717, 1.165) is 12.0 Å². The Morgan fingerprint density at radius 3 is 2.69 bits per heavy atom. The van der Waals surface area contributed by atoms with Crippen LogP contribution in [0.3, 0.4) is 0 Å². The zero-order chi connectivity index (χ0) is 9.84. The molecule has 0 radical (unpaired) electrons. The van der Waals surface area contributed by atoms with Crippen LogP contribution in [0, 0.1) is 12.7 Å². The average molecular weight is 180 g/mol. The maximum atomic E-state index is 13.2. The van der Waals surface area contributed by atoms with Gasteiger partial charge in [0, 0.05) is 6.42 Å². The van der Waals surface area contributed by atoms with Crippen LogP contribution in [0.4, 0.5) is 4.39 Å². The summed E-state index contributed by atoms with van der Waals surface area (Å²) in [5.74, 6) is -0.515. The van der Waals surface area contributed by atoms with E-state index in [1.807, 2.05) is 6.92 Å². The molecule has 2 heteroatoms. The summed E-state index contributed by atoms with van der Waals surface area (Å²) in [6, 6.07) is 4.71. The molecule has 0 spiro atoms. The fraction of sp³-hybridized carbons (Fsp3) is 0.364. The second-order valence-electron chi connectivity index (χ2n) is 3.16. The molecule has 0 fully saturated rings. The standard InChI is InChI=1S/C11H13FO/c1-3-4-11(13)9-6-5-8(2)7-10(9)12/h5-7H,3-4H2,1-2H3. The van der Waals surface area contributed by atoms with Gasteiger partial charge in [0.25, 0.3) is 0 Å².